The fourth-order valence-electron chi connectivity index (χ4n) is 1.47. The van der Waals surface area contributed by atoms with Gasteiger partial charge in [0, 0.05) is 11.4 Å². The van der Waals surface area contributed by atoms with Crippen molar-refractivity contribution in [2.45, 2.75) is 13.8 Å². The van der Waals surface area contributed by atoms with E-state index >= 15 is 0 Å². The number of carboxylic acids is 1. The summed E-state index contributed by atoms with van der Waals surface area (Å²) in [6.07, 6.45) is 1.39. The number of hydrogen-bond acceptors (Lipinski definition) is 5. The van der Waals surface area contributed by atoms with Crippen LogP contribution in [-0.2, 0) is 0 Å². The van der Waals surface area contributed by atoms with E-state index in [0.717, 1.165) is 11.4 Å². The largest absolute Gasteiger partial charge is 0.476 e. The van der Waals surface area contributed by atoms with Crippen LogP contribution in [0.15, 0.2) is 12.3 Å². The summed E-state index contributed by atoms with van der Waals surface area (Å²) >= 11 is 0. The molecule has 0 unspecified atom stereocenters. The van der Waals surface area contributed by atoms with Crippen LogP contribution in [0.2, 0.25) is 0 Å². The van der Waals surface area contributed by atoms with Gasteiger partial charge in [-0.2, -0.15) is 5.10 Å². The number of carboxylic acid groups (broad SMARTS) is 1. The Balaban J connectivity index is 2.53. The zero-order valence-electron chi connectivity index (χ0n) is 9.38. The molecule has 0 saturated heterocycles. The van der Waals surface area contributed by atoms with Gasteiger partial charge < -0.3 is 10.8 Å². The Bertz CT molecular complexity index is 570. The zero-order chi connectivity index (χ0) is 12.6. The molecule has 2 heterocycles. The molecule has 0 aliphatic carbocycles. The maximum atomic E-state index is 10.8. The summed E-state index contributed by atoms with van der Waals surface area (Å²) < 4.78 is 1.26. The molecule has 2 aromatic rings. The number of hydrogen-bond donors (Lipinski definition) is 2. The fraction of sp³-hybridized carbons (Fsp3) is 0.200. The second kappa shape index (κ2) is 3.85. The number of aromatic carboxylic acids is 1. The summed E-state index contributed by atoms with van der Waals surface area (Å²) in [5.41, 5.74) is 6.97. The third-order valence-electron chi connectivity index (χ3n) is 2.12. The minimum atomic E-state index is -1.18. The molecule has 0 spiro atoms. The third-order valence-corrected chi connectivity index (χ3v) is 2.12. The number of aryl methyl sites for hydroxylation is 2. The second-order valence-corrected chi connectivity index (χ2v) is 3.63. The van der Waals surface area contributed by atoms with Crippen LogP contribution in [0.4, 0.5) is 5.69 Å². The Morgan fingerprint density at radius 2 is 1.94 bits per heavy atom. The van der Waals surface area contributed by atoms with Crippen LogP contribution in [0.1, 0.15) is 21.9 Å². The van der Waals surface area contributed by atoms with E-state index in [4.69, 9.17) is 10.8 Å². The van der Waals surface area contributed by atoms with E-state index in [-0.39, 0.29) is 11.4 Å². The van der Waals surface area contributed by atoms with Gasteiger partial charge in [0.05, 0.1) is 11.9 Å². The molecule has 0 saturated carbocycles. The average Bonchev–Trinajstić information content (AvgIpc) is 2.59. The summed E-state index contributed by atoms with van der Waals surface area (Å²) in [5, 5.41) is 12.7. The summed E-state index contributed by atoms with van der Waals surface area (Å²) in [4.78, 5) is 19.1. The molecule has 3 N–H and O–H groups in total. The molecule has 0 fully saturated rings. The van der Waals surface area contributed by atoms with Crippen LogP contribution in [0.5, 0.6) is 0 Å². The Morgan fingerprint density at radius 1 is 1.35 bits per heavy atom. The molecule has 0 aliphatic heterocycles. The molecular weight excluding hydrogens is 222 g/mol. The van der Waals surface area contributed by atoms with E-state index in [1.807, 2.05) is 19.9 Å². The smallest absolute Gasteiger partial charge is 0.358 e. The minimum Gasteiger partial charge on any atom is -0.476 e. The van der Waals surface area contributed by atoms with Gasteiger partial charge in [-0.3, -0.25) is 0 Å². The molecule has 17 heavy (non-hydrogen) atoms. The topological polar surface area (TPSA) is 107 Å². The van der Waals surface area contributed by atoms with Gasteiger partial charge >= 0.3 is 5.97 Å². The molecule has 0 bridgehead atoms. The predicted octanol–water partition coefficient (Wildman–Crippen LogP) is 0.560. The number of nitrogen functional groups attached to an aromatic ring is 1. The molecule has 0 atom stereocenters. The molecule has 7 heteroatoms. The summed E-state index contributed by atoms with van der Waals surface area (Å²) in [5.74, 6) is -0.868. The van der Waals surface area contributed by atoms with Crippen molar-refractivity contribution in [1.29, 1.82) is 0 Å². The van der Waals surface area contributed by atoms with Crippen molar-refractivity contribution < 1.29 is 9.90 Å². The molecule has 88 valence electrons. The highest BCUT2D eigenvalue weighted by Crippen LogP contribution is 2.12. The number of aromatic nitrogens is 4. The molecular formula is C10H11N5O2. The molecule has 2 rings (SSSR count). The van der Waals surface area contributed by atoms with Gasteiger partial charge in [0.2, 0.25) is 0 Å². The minimum absolute atomic E-state index is 0.0836. The van der Waals surface area contributed by atoms with Gasteiger partial charge in [0.15, 0.2) is 5.69 Å². The van der Waals surface area contributed by atoms with Gasteiger partial charge in [0.1, 0.15) is 0 Å². The summed E-state index contributed by atoms with van der Waals surface area (Å²) in [6, 6.07) is 1.81. The number of nitrogens with zero attached hydrogens (tertiary/aromatic N) is 4. The van der Waals surface area contributed by atoms with E-state index < -0.39 is 5.97 Å². The van der Waals surface area contributed by atoms with Crippen LogP contribution in [0.25, 0.3) is 5.95 Å². The monoisotopic (exact) mass is 233 g/mol. The van der Waals surface area contributed by atoms with Gasteiger partial charge in [-0.25, -0.2) is 19.4 Å². The Hall–Kier alpha value is -2.44. The van der Waals surface area contributed by atoms with E-state index in [1.165, 1.54) is 10.9 Å². The Kier molecular flexibility index (Phi) is 2.51. The number of rotatable bonds is 2. The third kappa shape index (κ3) is 2.07. The zero-order valence-corrected chi connectivity index (χ0v) is 9.38. The standard InChI is InChI=1S/C10H11N5O2/c1-5-3-6(2)13-10(12-5)15-4-7(11)8(14-15)9(16)17/h3-4H,11H2,1-2H3,(H,16,17). The molecule has 0 aliphatic rings. The first-order valence-corrected chi connectivity index (χ1v) is 4.88. The molecule has 0 aromatic carbocycles. The van der Waals surface area contributed by atoms with Crippen molar-refractivity contribution in [3.8, 4) is 5.95 Å². The van der Waals surface area contributed by atoms with Gasteiger partial charge in [0.25, 0.3) is 5.95 Å². The maximum Gasteiger partial charge on any atom is 0.358 e. The Morgan fingerprint density at radius 3 is 2.41 bits per heavy atom. The highest BCUT2D eigenvalue weighted by Gasteiger charge is 2.15. The Labute approximate surface area is 96.9 Å². The van der Waals surface area contributed by atoms with Crippen molar-refractivity contribution in [2.75, 3.05) is 5.73 Å². The number of anilines is 1. The van der Waals surface area contributed by atoms with E-state index in [0.29, 0.717) is 5.95 Å². The van der Waals surface area contributed by atoms with Crippen molar-refractivity contribution in [1.82, 2.24) is 19.7 Å². The molecule has 7 nitrogen and oxygen atoms in total. The first kappa shape index (κ1) is 11.1. The SMILES string of the molecule is Cc1cc(C)nc(-n2cc(N)c(C(=O)O)n2)n1. The lowest BCUT2D eigenvalue weighted by molar-refractivity contribution is 0.0691. The van der Waals surface area contributed by atoms with Gasteiger partial charge in [-0.15, -0.1) is 0 Å². The number of nitrogens with two attached hydrogens (primary N) is 1. The lowest BCUT2D eigenvalue weighted by Crippen LogP contribution is -2.06. The molecule has 0 radical (unpaired) electrons. The van der Waals surface area contributed by atoms with Gasteiger partial charge in [-0.1, -0.05) is 0 Å². The van der Waals surface area contributed by atoms with Crippen LogP contribution >= 0.6 is 0 Å². The van der Waals surface area contributed by atoms with Crippen LogP contribution in [0.3, 0.4) is 0 Å². The normalized spacial score (nSPS) is 10.5. The second-order valence-electron chi connectivity index (χ2n) is 3.63. The van der Waals surface area contributed by atoms with Crippen molar-refractivity contribution >= 4 is 11.7 Å². The lowest BCUT2D eigenvalue weighted by Gasteiger charge is -2.01. The van der Waals surface area contributed by atoms with Crippen LogP contribution in [0, 0.1) is 13.8 Å². The first-order valence-electron chi connectivity index (χ1n) is 4.88. The first-order chi connectivity index (χ1) is 7.97. The van der Waals surface area contributed by atoms with Crippen LogP contribution in [-0.4, -0.2) is 30.8 Å². The average molecular weight is 233 g/mol. The van der Waals surface area contributed by atoms with Gasteiger partial charge in [-0.05, 0) is 19.9 Å². The van der Waals surface area contributed by atoms with Crippen molar-refractivity contribution in [3.63, 3.8) is 0 Å². The van der Waals surface area contributed by atoms with Crippen molar-refractivity contribution in [3.05, 3.63) is 29.3 Å². The van der Waals surface area contributed by atoms with E-state index in [1.54, 1.807) is 0 Å². The van der Waals surface area contributed by atoms with Crippen LogP contribution < -0.4 is 5.73 Å². The van der Waals surface area contributed by atoms with E-state index in [9.17, 15) is 4.79 Å². The lowest BCUT2D eigenvalue weighted by atomic mass is 10.4. The summed E-state index contributed by atoms with van der Waals surface area (Å²) in [7, 11) is 0. The summed E-state index contributed by atoms with van der Waals surface area (Å²) in [6.45, 7) is 3.65. The van der Waals surface area contributed by atoms with Crippen molar-refractivity contribution in [2.24, 2.45) is 0 Å². The fourth-order valence-corrected chi connectivity index (χ4v) is 1.47. The molecule has 0 amide bonds. The predicted molar refractivity (Wildman–Crippen MR) is 60.0 cm³/mol. The quantitative estimate of drug-likeness (QED) is 0.784. The molecule has 2 aromatic heterocycles. The van der Waals surface area contributed by atoms with E-state index in [2.05, 4.69) is 15.1 Å². The number of carbonyl (C=O) groups is 1. The maximum absolute atomic E-state index is 10.8. The highest BCUT2D eigenvalue weighted by atomic mass is 16.4. The highest BCUT2D eigenvalue weighted by molar-refractivity contribution is 5.91.